The SMILES string of the molecule is CC(=O)c1ccc(C2CC3(C)C(CCC3(O)C#CC(F)(F)F)C3CCC4=CC(=O)CCC4C23)cc1. The summed E-state index contributed by atoms with van der Waals surface area (Å²) >= 11 is 0. The Bertz CT molecular complexity index is 1140. The minimum atomic E-state index is -4.65. The first kappa shape index (κ1) is 24.3. The second-order valence-corrected chi connectivity index (χ2v) is 11.3. The quantitative estimate of drug-likeness (QED) is 0.413. The van der Waals surface area contributed by atoms with Crippen LogP contribution < -0.4 is 0 Å². The zero-order chi connectivity index (χ0) is 25.2. The molecule has 3 nitrogen and oxygen atoms in total. The van der Waals surface area contributed by atoms with Gasteiger partial charge in [-0.3, -0.25) is 9.59 Å². The van der Waals surface area contributed by atoms with Crippen molar-refractivity contribution in [2.45, 2.75) is 76.5 Å². The molecule has 3 saturated carbocycles. The molecule has 4 aliphatic carbocycles. The van der Waals surface area contributed by atoms with Crippen LogP contribution in [0.3, 0.4) is 0 Å². The molecule has 1 aromatic carbocycles. The van der Waals surface area contributed by atoms with Gasteiger partial charge in [-0.15, -0.1) is 0 Å². The predicted molar refractivity (Wildman–Crippen MR) is 125 cm³/mol. The molecule has 186 valence electrons. The van der Waals surface area contributed by atoms with Gasteiger partial charge in [-0.25, -0.2) is 0 Å². The molecule has 0 aliphatic heterocycles. The third-order valence-electron chi connectivity index (χ3n) is 9.61. The Hall–Kier alpha value is -2.39. The van der Waals surface area contributed by atoms with E-state index in [2.05, 4.69) is 5.92 Å². The molecule has 0 aromatic heterocycles. The van der Waals surface area contributed by atoms with E-state index in [1.165, 1.54) is 18.4 Å². The molecule has 1 aromatic rings. The van der Waals surface area contributed by atoms with Gasteiger partial charge in [0.15, 0.2) is 11.6 Å². The summed E-state index contributed by atoms with van der Waals surface area (Å²) in [5, 5.41) is 11.6. The molecule has 7 atom stereocenters. The normalized spacial score (nSPS) is 38.4. The van der Waals surface area contributed by atoms with Crippen LogP contribution in [0.1, 0.15) is 80.6 Å². The van der Waals surface area contributed by atoms with Crippen molar-refractivity contribution >= 4 is 11.6 Å². The summed E-state index contributed by atoms with van der Waals surface area (Å²) in [4.78, 5) is 24.0. The van der Waals surface area contributed by atoms with Crippen molar-refractivity contribution in [3.8, 4) is 11.8 Å². The van der Waals surface area contributed by atoms with Crippen LogP contribution in [0.4, 0.5) is 13.2 Å². The van der Waals surface area contributed by atoms with Gasteiger partial charge in [0.05, 0.1) is 0 Å². The number of hydrogen-bond donors (Lipinski definition) is 1. The molecule has 0 saturated heterocycles. The van der Waals surface area contributed by atoms with E-state index < -0.39 is 17.2 Å². The molecular weight excluding hydrogens is 453 g/mol. The summed E-state index contributed by atoms with van der Waals surface area (Å²) in [6.07, 6.45) is 1.61. The van der Waals surface area contributed by atoms with Gasteiger partial charge in [0, 0.05) is 23.3 Å². The highest BCUT2D eigenvalue weighted by Crippen LogP contribution is 2.68. The molecule has 0 radical (unpaired) electrons. The van der Waals surface area contributed by atoms with Gasteiger partial charge in [0.25, 0.3) is 0 Å². The lowest BCUT2D eigenvalue weighted by molar-refractivity contribution is -0.117. The maximum absolute atomic E-state index is 13.0. The lowest BCUT2D eigenvalue weighted by atomic mass is 9.46. The third-order valence-corrected chi connectivity index (χ3v) is 9.61. The van der Waals surface area contributed by atoms with Crippen molar-refractivity contribution in [3.05, 3.63) is 47.0 Å². The minimum Gasteiger partial charge on any atom is -0.377 e. The van der Waals surface area contributed by atoms with Gasteiger partial charge in [-0.2, -0.15) is 13.2 Å². The zero-order valence-electron chi connectivity index (χ0n) is 20.1. The standard InChI is InChI=1S/C29H31F3O3/c1-17(33)18-3-5-19(6-4-18)24-16-27(2)25(11-12-28(27,35)13-14-29(30,31)32)23-9-7-20-15-21(34)8-10-22(20)26(23)24/h3-6,15,22-26,35H,7-12,16H2,1-2H3. The Kier molecular flexibility index (Phi) is 5.79. The third kappa shape index (κ3) is 4.06. The number of hydrogen-bond acceptors (Lipinski definition) is 3. The molecule has 3 fully saturated rings. The largest absolute Gasteiger partial charge is 0.457 e. The number of Topliss-reactive ketones (excluding diaryl/α,β-unsaturated/α-hetero) is 1. The van der Waals surface area contributed by atoms with E-state index in [-0.39, 0.29) is 47.6 Å². The van der Waals surface area contributed by atoms with Crippen molar-refractivity contribution in [1.29, 1.82) is 0 Å². The monoisotopic (exact) mass is 484 g/mol. The number of alkyl halides is 3. The van der Waals surface area contributed by atoms with Crippen molar-refractivity contribution < 1.29 is 27.9 Å². The summed E-state index contributed by atoms with van der Waals surface area (Å²) in [5.74, 6) is 4.64. The molecule has 7 unspecified atom stereocenters. The summed E-state index contributed by atoms with van der Waals surface area (Å²) in [7, 11) is 0. The average molecular weight is 485 g/mol. The molecule has 6 heteroatoms. The first-order chi connectivity index (χ1) is 16.4. The first-order valence-corrected chi connectivity index (χ1v) is 12.6. The number of aliphatic hydroxyl groups is 1. The Morgan fingerprint density at radius 3 is 2.46 bits per heavy atom. The fourth-order valence-electron chi connectivity index (χ4n) is 8.00. The van der Waals surface area contributed by atoms with Crippen LogP contribution in [-0.2, 0) is 4.79 Å². The highest BCUT2D eigenvalue weighted by molar-refractivity contribution is 5.94. The van der Waals surface area contributed by atoms with E-state index in [1.807, 2.05) is 37.3 Å². The molecule has 0 bridgehead atoms. The van der Waals surface area contributed by atoms with Crippen LogP contribution >= 0.6 is 0 Å². The number of fused-ring (bicyclic) bond motifs is 5. The van der Waals surface area contributed by atoms with Crippen LogP contribution in [0.25, 0.3) is 0 Å². The minimum absolute atomic E-state index is 0.00136. The molecule has 0 heterocycles. The molecule has 4 aliphatic rings. The molecule has 5 rings (SSSR count). The number of ketones is 2. The van der Waals surface area contributed by atoms with Crippen LogP contribution in [0.15, 0.2) is 35.9 Å². The van der Waals surface area contributed by atoms with Crippen molar-refractivity contribution in [3.63, 3.8) is 0 Å². The van der Waals surface area contributed by atoms with E-state index in [0.717, 1.165) is 24.8 Å². The van der Waals surface area contributed by atoms with Crippen LogP contribution in [0, 0.1) is 40.9 Å². The van der Waals surface area contributed by atoms with Crippen LogP contribution in [0.5, 0.6) is 0 Å². The highest BCUT2D eigenvalue weighted by atomic mass is 19.4. The summed E-state index contributed by atoms with van der Waals surface area (Å²) < 4.78 is 39.0. The van der Waals surface area contributed by atoms with Crippen molar-refractivity contribution in [1.82, 2.24) is 0 Å². The Morgan fingerprint density at radius 2 is 1.80 bits per heavy atom. The number of allylic oxidation sites excluding steroid dienone is 1. The predicted octanol–water partition coefficient (Wildman–Crippen LogP) is 6.02. The number of halogens is 3. The topological polar surface area (TPSA) is 54.4 Å². The second kappa shape index (κ2) is 8.34. The van der Waals surface area contributed by atoms with Crippen molar-refractivity contribution in [2.75, 3.05) is 0 Å². The Morgan fingerprint density at radius 1 is 1.09 bits per heavy atom. The average Bonchev–Trinajstić information content (AvgIpc) is 3.07. The second-order valence-electron chi connectivity index (χ2n) is 11.3. The van der Waals surface area contributed by atoms with E-state index in [9.17, 15) is 27.9 Å². The molecular formula is C29H31F3O3. The smallest absolute Gasteiger partial charge is 0.377 e. The number of benzene rings is 1. The van der Waals surface area contributed by atoms with Gasteiger partial charge < -0.3 is 5.11 Å². The van der Waals surface area contributed by atoms with Crippen molar-refractivity contribution in [2.24, 2.45) is 29.1 Å². The van der Waals surface area contributed by atoms with Crippen LogP contribution in [0.2, 0.25) is 0 Å². The fourth-order valence-corrected chi connectivity index (χ4v) is 8.00. The maximum Gasteiger partial charge on any atom is 0.457 e. The Labute approximate surface area is 204 Å². The number of carbonyl (C=O) groups excluding carboxylic acids is 2. The number of carbonyl (C=O) groups is 2. The van der Waals surface area contributed by atoms with E-state index in [1.54, 1.807) is 0 Å². The lowest BCUT2D eigenvalue weighted by Gasteiger charge is -2.58. The van der Waals surface area contributed by atoms with E-state index >= 15 is 0 Å². The van der Waals surface area contributed by atoms with E-state index in [0.29, 0.717) is 24.8 Å². The van der Waals surface area contributed by atoms with Gasteiger partial charge >= 0.3 is 6.18 Å². The molecule has 0 spiro atoms. The Balaban J connectivity index is 1.60. The van der Waals surface area contributed by atoms with E-state index in [4.69, 9.17) is 0 Å². The van der Waals surface area contributed by atoms with Crippen LogP contribution in [-0.4, -0.2) is 28.5 Å². The van der Waals surface area contributed by atoms with Gasteiger partial charge in [0.1, 0.15) is 5.60 Å². The maximum atomic E-state index is 13.0. The van der Waals surface area contributed by atoms with Gasteiger partial charge in [0.2, 0.25) is 0 Å². The molecule has 35 heavy (non-hydrogen) atoms. The summed E-state index contributed by atoms with van der Waals surface area (Å²) in [6, 6.07) is 7.55. The highest BCUT2D eigenvalue weighted by Gasteiger charge is 2.64. The molecule has 1 N–H and O–H groups in total. The van der Waals surface area contributed by atoms with Gasteiger partial charge in [-0.05, 0) is 86.7 Å². The summed E-state index contributed by atoms with van der Waals surface area (Å²) in [5.41, 5.74) is 0.393. The summed E-state index contributed by atoms with van der Waals surface area (Å²) in [6.45, 7) is 3.45. The first-order valence-electron chi connectivity index (χ1n) is 12.6. The molecule has 0 amide bonds. The number of rotatable bonds is 2. The van der Waals surface area contributed by atoms with Gasteiger partial charge in [-0.1, -0.05) is 42.7 Å². The fraction of sp³-hybridized carbons (Fsp3) is 0.586. The zero-order valence-corrected chi connectivity index (χ0v) is 20.1. The lowest BCUT2D eigenvalue weighted by Crippen LogP contribution is -2.54.